The summed E-state index contributed by atoms with van der Waals surface area (Å²) in [6.07, 6.45) is 7.59. The quantitative estimate of drug-likeness (QED) is 0.0485. The van der Waals surface area contributed by atoms with E-state index in [1.807, 2.05) is 24.3 Å². The van der Waals surface area contributed by atoms with Gasteiger partial charge < -0.3 is 40.4 Å². The second kappa shape index (κ2) is 19.7. The Morgan fingerprint density at radius 1 is 0.940 bits per heavy atom. The van der Waals surface area contributed by atoms with Crippen LogP contribution in [0.2, 0.25) is 0 Å². The van der Waals surface area contributed by atoms with Gasteiger partial charge in [0.05, 0.1) is 34.9 Å². The number of esters is 1. The van der Waals surface area contributed by atoms with Crippen molar-refractivity contribution in [2.24, 2.45) is 5.92 Å². The van der Waals surface area contributed by atoms with Gasteiger partial charge in [-0.25, -0.2) is 19.0 Å². The van der Waals surface area contributed by atoms with Crippen LogP contribution in [0.25, 0.3) is 22.3 Å². The molecule has 0 bridgehead atoms. The maximum atomic E-state index is 14.9. The number of cyclic esters (lactones) is 1. The first-order valence-electron chi connectivity index (χ1n) is 22.3. The van der Waals surface area contributed by atoms with E-state index in [0.29, 0.717) is 39.7 Å². The molecule has 2 aromatic heterocycles. The maximum absolute atomic E-state index is 14.9. The maximum Gasteiger partial charge on any atom is 0.407 e. The lowest BCUT2D eigenvalue weighted by atomic mass is 9.84. The summed E-state index contributed by atoms with van der Waals surface area (Å²) in [6, 6.07) is 10.0. The van der Waals surface area contributed by atoms with Crippen LogP contribution < -0.4 is 26.8 Å². The first kappa shape index (κ1) is 47.5. The van der Waals surface area contributed by atoms with Gasteiger partial charge in [0.2, 0.25) is 17.7 Å². The molecule has 0 saturated carbocycles. The van der Waals surface area contributed by atoms with Crippen molar-refractivity contribution in [2.45, 2.75) is 95.5 Å². The van der Waals surface area contributed by atoms with E-state index in [1.165, 1.54) is 44.2 Å². The van der Waals surface area contributed by atoms with E-state index in [4.69, 9.17) is 14.5 Å². The fourth-order valence-corrected chi connectivity index (χ4v) is 11.2. The molecule has 67 heavy (non-hydrogen) atoms. The summed E-state index contributed by atoms with van der Waals surface area (Å²) in [5.41, 5.74) is 3.97. The normalized spacial score (nSPS) is 20.9. The van der Waals surface area contributed by atoms with Crippen molar-refractivity contribution in [3.05, 3.63) is 122 Å². The van der Waals surface area contributed by atoms with E-state index < -0.39 is 59.3 Å². The van der Waals surface area contributed by atoms with E-state index >= 15 is 0 Å². The molecule has 2 aromatic carbocycles. The third-order valence-corrected chi connectivity index (χ3v) is 15.2. The topological polar surface area (TPSA) is 207 Å². The monoisotopic (exact) mass is 952 g/mol. The molecular formula is C49H53FN6O9S2. The second-order valence-electron chi connectivity index (χ2n) is 17.3. The standard InChI is InChI=1S/C49H53FN6O9S2/c1-6-49(63)38-18-41-42-34(20-56(41)46(60)36(38)22-64-47(49)61)37(33-17-25(2)39(50)19-40(33)55-42)23-66-15-16-67-24-51-43(57)26(3)52-44(58)27(4)53-45(59)28(5)54-48(62)65-21-35-31-13-9-7-11-29(31)30-12-8-10-14-32(30)35/h7-14,17-19,26-29,31,35,63H,6,15-16,20-24H2,1-5H3,(H,51,57)(H,52,58)(H,53,59)(H,54,62)/t26-,27-,28-,29?,31?,35?,49+/m1/s1. The van der Waals surface area contributed by atoms with Gasteiger partial charge in [0.15, 0.2) is 5.60 Å². The summed E-state index contributed by atoms with van der Waals surface area (Å²) >= 11 is 3.12. The van der Waals surface area contributed by atoms with Crippen LogP contribution in [0.5, 0.6) is 0 Å². The van der Waals surface area contributed by atoms with Crippen LogP contribution in [0.1, 0.15) is 84.9 Å². The SMILES string of the molecule is CC[C@@]1(O)C(=O)OCc2c1cc1n(c2=O)Cc2c-1nc1cc(F)c(C)cc1c2CSCCSCNC(=O)[C@@H](C)NC(=O)[C@@H](C)NC(=O)[C@@H](C)NC(=O)OCC1c2ccccc2C2C=CC=CC21. The number of benzene rings is 2. The summed E-state index contributed by atoms with van der Waals surface area (Å²) in [6.45, 7) is 7.95. The number of hydrogen-bond acceptors (Lipinski definition) is 12. The van der Waals surface area contributed by atoms with Crippen molar-refractivity contribution in [1.82, 2.24) is 30.8 Å². The molecule has 4 aromatic rings. The van der Waals surface area contributed by atoms with Crippen LogP contribution in [0.4, 0.5) is 9.18 Å². The number of alkyl carbamates (subject to hydrolysis) is 1. The van der Waals surface area contributed by atoms with Gasteiger partial charge in [0, 0.05) is 51.7 Å². The number of hydrogen-bond donors (Lipinski definition) is 5. The number of allylic oxidation sites excluding steroid dienone is 4. The molecule has 0 fully saturated rings. The predicted octanol–water partition coefficient (Wildman–Crippen LogP) is 5.31. The zero-order valence-corrected chi connectivity index (χ0v) is 39.4. The lowest BCUT2D eigenvalue weighted by Crippen LogP contribution is -2.54. The molecule has 8 rings (SSSR count). The number of aliphatic hydroxyl groups is 1. The molecule has 352 valence electrons. The number of carbonyl (C=O) groups excluding carboxylic acids is 5. The van der Waals surface area contributed by atoms with Gasteiger partial charge in [-0.15, -0.1) is 11.8 Å². The average molecular weight is 953 g/mol. The number of ether oxygens (including phenoxy) is 2. The number of thioether (sulfide) groups is 2. The average Bonchev–Trinajstić information content (AvgIpc) is 3.84. The molecule has 2 aliphatic carbocycles. The Kier molecular flexibility index (Phi) is 14.0. The molecule has 4 aliphatic rings. The van der Waals surface area contributed by atoms with Gasteiger partial charge >= 0.3 is 12.1 Å². The number of fused-ring (bicyclic) bond motifs is 8. The number of carbonyl (C=O) groups is 5. The van der Waals surface area contributed by atoms with E-state index in [9.17, 15) is 38.3 Å². The Morgan fingerprint density at radius 2 is 1.63 bits per heavy atom. The predicted molar refractivity (Wildman–Crippen MR) is 254 cm³/mol. The van der Waals surface area contributed by atoms with E-state index in [2.05, 4.69) is 45.6 Å². The van der Waals surface area contributed by atoms with Crippen LogP contribution in [0, 0.1) is 18.7 Å². The molecule has 5 N–H and O–H groups in total. The summed E-state index contributed by atoms with van der Waals surface area (Å²) < 4.78 is 27.2. The van der Waals surface area contributed by atoms with Crippen molar-refractivity contribution in [3.63, 3.8) is 0 Å². The highest BCUT2D eigenvalue weighted by Crippen LogP contribution is 2.49. The number of nitrogens with zero attached hydrogens (tertiary/aromatic N) is 2. The van der Waals surface area contributed by atoms with Gasteiger partial charge in [0.25, 0.3) is 5.56 Å². The second-order valence-corrected chi connectivity index (χ2v) is 19.5. The van der Waals surface area contributed by atoms with Crippen molar-refractivity contribution >= 4 is 64.2 Å². The Bertz CT molecular complexity index is 2800. The molecule has 4 heterocycles. The fourth-order valence-electron chi connectivity index (χ4n) is 9.23. The number of pyridine rings is 2. The number of aryl methyl sites for hydroxylation is 1. The number of aromatic nitrogens is 2. The molecule has 18 heteroatoms. The van der Waals surface area contributed by atoms with Crippen molar-refractivity contribution in [2.75, 3.05) is 24.0 Å². The summed E-state index contributed by atoms with van der Waals surface area (Å²) in [7, 11) is 0. The summed E-state index contributed by atoms with van der Waals surface area (Å²) in [5, 5.41) is 22.6. The number of amides is 4. The smallest absolute Gasteiger partial charge is 0.407 e. The molecule has 0 saturated heterocycles. The number of halogens is 1. The molecule has 3 unspecified atom stereocenters. The molecular weight excluding hydrogens is 900 g/mol. The Labute approximate surface area is 395 Å². The Balaban J connectivity index is 0.780. The molecule has 7 atom stereocenters. The van der Waals surface area contributed by atoms with Crippen molar-refractivity contribution < 1.29 is 42.9 Å². The van der Waals surface area contributed by atoms with Crippen LogP contribution in [0.3, 0.4) is 0 Å². The van der Waals surface area contributed by atoms with Crippen LogP contribution >= 0.6 is 23.5 Å². The van der Waals surface area contributed by atoms with Gasteiger partial charge in [-0.05, 0) is 74.4 Å². The summed E-state index contributed by atoms with van der Waals surface area (Å²) in [5.74, 6) is -0.303. The highest BCUT2D eigenvalue weighted by atomic mass is 32.2. The Hall–Kier alpha value is -5.98. The fraction of sp³-hybridized carbons (Fsp3) is 0.408. The van der Waals surface area contributed by atoms with Gasteiger partial charge in [-0.2, -0.15) is 11.8 Å². The molecule has 2 aliphatic heterocycles. The van der Waals surface area contributed by atoms with Crippen molar-refractivity contribution in [3.8, 4) is 11.4 Å². The van der Waals surface area contributed by atoms with Gasteiger partial charge in [-0.3, -0.25) is 19.2 Å². The lowest BCUT2D eigenvalue weighted by molar-refractivity contribution is -0.172. The highest BCUT2D eigenvalue weighted by Gasteiger charge is 2.46. The molecule has 4 amide bonds. The minimum Gasteiger partial charge on any atom is -0.458 e. The van der Waals surface area contributed by atoms with Crippen molar-refractivity contribution in [1.29, 1.82) is 0 Å². The van der Waals surface area contributed by atoms with Crippen LogP contribution in [-0.2, 0) is 53.2 Å². The third kappa shape index (κ3) is 9.35. The highest BCUT2D eigenvalue weighted by molar-refractivity contribution is 8.02. The van der Waals surface area contributed by atoms with E-state index in [-0.39, 0.29) is 66.5 Å². The minimum atomic E-state index is -1.97. The Morgan fingerprint density at radius 3 is 2.37 bits per heavy atom. The van der Waals surface area contributed by atoms with Gasteiger partial charge in [-0.1, -0.05) is 55.5 Å². The zero-order chi connectivity index (χ0) is 47.7. The lowest BCUT2D eigenvalue weighted by Gasteiger charge is -2.31. The number of nitrogens with one attached hydrogen (secondary N) is 4. The van der Waals surface area contributed by atoms with Crippen LogP contribution in [0.15, 0.2) is 71.6 Å². The first-order valence-corrected chi connectivity index (χ1v) is 24.6. The minimum absolute atomic E-state index is 0.0137. The molecule has 0 radical (unpaired) electrons. The number of rotatable bonds is 16. The summed E-state index contributed by atoms with van der Waals surface area (Å²) in [4.78, 5) is 82.8. The largest absolute Gasteiger partial charge is 0.458 e. The zero-order valence-electron chi connectivity index (χ0n) is 37.8. The van der Waals surface area contributed by atoms with Crippen LogP contribution in [-0.4, -0.2) is 86.6 Å². The van der Waals surface area contributed by atoms with E-state index in [1.54, 1.807) is 42.3 Å². The molecule has 15 nitrogen and oxygen atoms in total. The van der Waals surface area contributed by atoms with Gasteiger partial charge in [0.1, 0.15) is 37.2 Å². The first-order chi connectivity index (χ1) is 32.1. The van der Waals surface area contributed by atoms with E-state index in [0.717, 1.165) is 22.1 Å². The third-order valence-electron chi connectivity index (χ3n) is 13.1. The molecule has 0 spiro atoms.